The van der Waals surface area contributed by atoms with Gasteiger partial charge in [-0.15, -0.1) is 0 Å². The van der Waals surface area contributed by atoms with Crippen LogP contribution in [-0.4, -0.2) is 53.8 Å². The number of ether oxygens (including phenoxy) is 2. The van der Waals surface area contributed by atoms with Gasteiger partial charge in [-0.05, 0) is 48.9 Å². The van der Waals surface area contributed by atoms with Gasteiger partial charge in [0.15, 0.2) is 0 Å². The lowest BCUT2D eigenvalue weighted by Crippen LogP contribution is -2.53. The van der Waals surface area contributed by atoms with Gasteiger partial charge in [0, 0.05) is 12.1 Å². The average molecular weight is 402 g/mol. The van der Waals surface area contributed by atoms with Gasteiger partial charge in [-0.25, -0.2) is 9.18 Å². The van der Waals surface area contributed by atoms with E-state index in [1.54, 1.807) is 17.0 Å². The molecule has 0 spiro atoms. The lowest BCUT2D eigenvalue weighted by atomic mass is 10.2. The number of nitrogens with zero attached hydrogens (tertiary/aromatic N) is 1. The molecule has 2 atom stereocenters. The lowest BCUT2D eigenvalue weighted by Gasteiger charge is -2.37. The second kappa shape index (κ2) is 9.38. The second-order valence-electron chi connectivity index (χ2n) is 6.89. The predicted molar refractivity (Wildman–Crippen MR) is 103 cm³/mol. The van der Waals surface area contributed by atoms with Gasteiger partial charge in [-0.2, -0.15) is 0 Å². The second-order valence-corrected chi connectivity index (χ2v) is 6.89. The summed E-state index contributed by atoms with van der Waals surface area (Å²) in [4.78, 5) is 26.2. The molecule has 1 heterocycles. The van der Waals surface area contributed by atoms with E-state index in [4.69, 9.17) is 9.47 Å². The van der Waals surface area contributed by atoms with Crippen LogP contribution in [-0.2, 0) is 16.1 Å². The Morgan fingerprint density at radius 3 is 2.59 bits per heavy atom. The normalized spacial score (nSPS) is 18.9. The fourth-order valence-electron chi connectivity index (χ4n) is 2.93. The number of benzene rings is 2. The molecule has 3 rings (SSSR count). The topological polar surface area (TPSA) is 88.1 Å². The first-order chi connectivity index (χ1) is 13.9. The number of rotatable bonds is 5. The van der Waals surface area contributed by atoms with E-state index in [9.17, 15) is 19.1 Å². The van der Waals surface area contributed by atoms with Gasteiger partial charge in [0.05, 0.1) is 25.3 Å². The van der Waals surface area contributed by atoms with Crippen LogP contribution < -0.4 is 5.32 Å². The molecule has 1 aliphatic rings. The van der Waals surface area contributed by atoms with Crippen LogP contribution in [0.3, 0.4) is 0 Å². The molecule has 0 radical (unpaired) electrons. The van der Waals surface area contributed by atoms with Crippen molar-refractivity contribution in [3.05, 3.63) is 65.5 Å². The number of hydrogen-bond donors (Lipinski definition) is 2. The molecule has 0 bridgehead atoms. The summed E-state index contributed by atoms with van der Waals surface area (Å²) in [7, 11) is 0. The first-order valence-electron chi connectivity index (χ1n) is 9.29. The number of phenolic OH excluding ortho intramolecular Hbond substituents is 1. The summed E-state index contributed by atoms with van der Waals surface area (Å²) in [6.45, 7) is 2.73. The van der Waals surface area contributed by atoms with Crippen LogP contribution in [0.5, 0.6) is 5.75 Å². The van der Waals surface area contributed by atoms with Crippen LogP contribution in [0, 0.1) is 5.82 Å². The van der Waals surface area contributed by atoms with Crippen LogP contribution in [0.25, 0.3) is 0 Å². The van der Waals surface area contributed by atoms with Crippen LogP contribution in [0.15, 0.2) is 48.5 Å². The number of morpholine rings is 1. The Hall–Kier alpha value is -3.13. The molecule has 8 heteroatoms. The van der Waals surface area contributed by atoms with E-state index >= 15 is 0 Å². The maximum absolute atomic E-state index is 13.0. The van der Waals surface area contributed by atoms with E-state index in [1.807, 2.05) is 6.92 Å². The zero-order chi connectivity index (χ0) is 20.8. The average Bonchev–Trinajstić information content (AvgIpc) is 2.72. The molecule has 2 aromatic rings. The highest BCUT2D eigenvalue weighted by atomic mass is 19.1. The Kier molecular flexibility index (Phi) is 6.66. The number of aromatic hydroxyl groups is 1. The van der Waals surface area contributed by atoms with E-state index in [2.05, 4.69) is 5.32 Å². The van der Waals surface area contributed by atoms with Crippen LogP contribution in [0.2, 0.25) is 0 Å². The zero-order valence-electron chi connectivity index (χ0n) is 16.0. The molecule has 7 nitrogen and oxygen atoms in total. The fourth-order valence-corrected chi connectivity index (χ4v) is 2.93. The summed E-state index contributed by atoms with van der Waals surface area (Å²) < 4.78 is 24.0. The van der Waals surface area contributed by atoms with Crippen molar-refractivity contribution in [1.82, 2.24) is 10.2 Å². The molecular weight excluding hydrogens is 379 g/mol. The SMILES string of the molecule is C[C@H]1CO[C@H](CNC(=O)c2ccc(O)cc2)CN1C(=O)OCc1ccc(F)cc1. The molecule has 1 saturated heterocycles. The minimum Gasteiger partial charge on any atom is -0.508 e. The Balaban J connectivity index is 1.49. The quantitative estimate of drug-likeness (QED) is 0.803. The van der Waals surface area contributed by atoms with Gasteiger partial charge in [0.1, 0.15) is 18.2 Å². The van der Waals surface area contributed by atoms with Crippen LogP contribution in [0.4, 0.5) is 9.18 Å². The summed E-state index contributed by atoms with van der Waals surface area (Å²) in [6.07, 6.45) is -0.856. The van der Waals surface area contributed by atoms with Crippen LogP contribution >= 0.6 is 0 Å². The minimum atomic E-state index is -0.486. The third-order valence-electron chi connectivity index (χ3n) is 4.64. The van der Waals surface area contributed by atoms with Crippen LogP contribution in [0.1, 0.15) is 22.8 Å². The smallest absolute Gasteiger partial charge is 0.410 e. The molecule has 0 aromatic heterocycles. The Morgan fingerprint density at radius 2 is 1.90 bits per heavy atom. The third-order valence-corrected chi connectivity index (χ3v) is 4.64. The Labute approximate surface area is 168 Å². The fraction of sp³-hybridized carbons (Fsp3) is 0.333. The summed E-state index contributed by atoms with van der Waals surface area (Å²) in [5.74, 6) is -0.558. The number of nitrogens with one attached hydrogen (secondary N) is 1. The number of carbonyl (C=O) groups is 2. The minimum absolute atomic E-state index is 0.0471. The van der Waals surface area contributed by atoms with Gasteiger partial charge < -0.3 is 24.8 Å². The van der Waals surface area contributed by atoms with Gasteiger partial charge in [0.25, 0.3) is 5.91 Å². The lowest BCUT2D eigenvalue weighted by molar-refractivity contribution is -0.0524. The first-order valence-corrected chi connectivity index (χ1v) is 9.29. The number of hydrogen-bond acceptors (Lipinski definition) is 5. The van der Waals surface area contributed by atoms with Crippen molar-refractivity contribution < 1.29 is 28.6 Å². The third kappa shape index (κ3) is 5.68. The summed E-state index contributed by atoms with van der Waals surface area (Å²) in [5.41, 5.74) is 1.11. The molecule has 1 fully saturated rings. The van der Waals surface area contributed by atoms with Crippen molar-refractivity contribution in [3.63, 3.8) is 0 Å². The molecule has 0 unspecified atom stereocenters. The summed E-state index contributed by atoms with van der Waals surface area (Å²) in [6, 6.07) is 11.5. The van der Waals surface area contributed by atoms with Crippen molar-refractivity contribution in [2.75, 3.05) is 19.7 Å². The highest BCUT2D eigenvalue weighted by Gasteiger charge is 2.31. The largest absolute Gasteiger partial charge is 0.508 e. The molecule has 29 heavy (non-hydrogen) atoms. The van der Waals surface area contributed by atoms with E-state index < -0.39 is 6.09 Å². The maximum atomic E-state index is 13.0. The summed E-state index contributed by atoms with van der Waals surface area (Å²) in [5, 5.41) is 12.1. The molecule has 2 amide bonds. The van der Waals surface area contributed by atoms with E-state index in [0.29, 0.717) is 17.7 Å². The first kappa shape index (κ1) is 20.6. The maximum Gasteiger partial charge on any atom is 0.410 e. The van der Waals surface area contributed by atoms with Crippen molar-refractivity contribution in [2.45, 2.75) is 25.7 Å². The molecule has 0 saturated carbocycles. The Bertz CT molecular complexity index is 841. The number of halogens is 1. The number of carbonyl (C=O) groups excluding carboxylic acids is 2. The number of amides is 2. The molecule has 2 aromatic carbocycles. The van der Waals surface area contributed by atoms with Crippen molar-refractivity contribution in [1.29, 1.82) is 0 Å². The molecule has 154 valence electrons. The van der Waals surface area contributed by atoms with Gasteiger partial charge in [-0.1, -0.05) is 12.1 Å². The van der Waals surface area contributed by atoms with Gasteiger partial charge >= 0.3 is 6.09 Å². The van der Waals surface area contributed by atoms with E-state index in [-0.39, 0.29) is 49.3 Å². The van der Waals surface area contributed by atoms with E-state index in [0.717, 1.165) is 0 Å². The predicted octanol–water partition coefficient (Wildman–Crippen LogP) is 2.69. The van der Waals surface area contributed by atoms with E-state index in [1.165, 1.54) is 36.4 Å². The van der Waals surface area contributed by atoms with Gasteiger partial charge in [-0.3, -0.25) is 4.79 Å². The highest BCUT2D eigenvalue weighted by Crippen LogP contribution is 2.15. The van der Waals surface area contributed by atoms with Crippen molar-refractivity contribution in [2.24, 2.45) is 0 Å². The summed E-state index contributed by atoms with van der Waals surface area (Å²) >= 11 is 0. The molecule has 0 aliphatic carbocycles. The highest BCUT2D eigenvalue weighted by molar-refractivity contribution is 5.94. The molecule has 1 aliphatic heterocycles. The van der Waals surface area contributed by atoms with Crippen molar-refractivity contribution in [3.8, 4) is 5.75 Å². The standard InChI is InChI=1S/C21H23FN2O5/c1-14-12-28-19(10-23-20(26)16-4-8-18(25)9-5-16)11-24(14)21(27)29-13-15-2-6-17(22)7-3-15/h2-9,14,19,25H,10-13H2,1H3,(H,23,26)/t14-,19+/m0/s1. The Morgan fingerprint density at radius 1 is 1.21 bits per heavy atom. The van der Waals surface area contributed by atoms with Crippen molar-refractivity contribution >= 4 is 12.0 Å². The number of phenols is 1. The molecular formula is C21H23FN2O5. The van der Waals surface area contributed by atoms with Gasteiger partial charge in [0.2, 0.25) is 0 Å². The zero-order valence-corrected chi connectivity index (χ0v) is 16.0. The monoisotopic (exact) mass is 402 g/mol. The molecule has 2 N–H and O–H groups in total.